The van der Waals surface area contributed by atoms with E-state index < -0.39 is 11.6 Å². The van der Waals surface area contributed by atoms with Crippen LogP contribution in [-0.2, 0) is 9.53 Å². The summed E-state index contributed by atoms with van der Waals surface area (Å²) in [4.78, 5) is 39.5. The van der Waals surface area contributed by atoms with Crippen LogP contribution in [0.2, 0.25) is 0 Å². The molecule has 0 aliphatic carbocycles. The van der Waals surface area contributed by atoms with Crippen LogP contribution in [0.4, 0.5) is 0 Å². The molecule has 0 aromatic carbocycles. The third kappa shape index (κ3) is 5.51. The normalized spacial score (nSPS) is 10.9. The fourth-order valence-corrected chi connectivity index (χ4v) is 1.62. The van der Waals surface area contributed by atoms with Crippen LogP contribution >= 0.6 is 0 Å². The monoisotopic (exact) mass is 308 g/mol. The number of carbonyl (C=O) groups excluding carboxylic acids is 2. The molecular weight excluding hydrogens is 288 g/mol. The number of aromatic nitrogens is 1. The fourth-order valence-electron chi connectivity index (χ4n) is 1.62. The lowest BCUT2D eigenvalue weighted by Gasteiger charge is -2.21. The minimum Gasteiger partial charge on any atom is -0.477 e. The fraction of sp³-hybridized carbons (Fsp3) is 0.467. The third-order valence-electron chi connectivity index (χ3n) is 2.65. The van der Waals surface area contributed by atoms with E-state index in [-0.39, 0.29) is 36.1 Å². The first-order valence-electron chi connectivity index (χ1n) is 6.77. The quantitative estimate of drug-likeness (QED) is 0.830. The molecule has 1 aromatic rings. The SMILES string of the molecule is CN(CCC(=O)OC(C)(C)C)C(=O)c1ccc(C(=O)O)nc1. The van der Waals surface area contributed by atoms with Gasteiger partial charge in [-0.05, 0) is 32.9 Å². The van der Waals surface area contributed by atoms with Gasteiger partial charge in [0, 0.05) is 19.8 Å². The minimum atomic E-state index is -1.16. The number of esters is 1. The van der Waals surface area contributed by atoms with E-state index >= 15 is 0 Å². The maximum atomic E-state index is 12.1. The molecule has 0 saturated carbocycles. The number of hydrogen-bond acceptors (Lipinski definition) is 5. The predicted molar refractivity (Wildman–Crippen MR) is 78.6 cm³/mol. The van der Waals surface area contributed by atoms with E-state index in [1.807, 2.05) is 0 Å². The van der Waals surface area contributed by atoms with Crippen molar-refractivity contribution in [3.05, 3.63) is 29.6 Å². The van der Waals surface area contributed by atoms with Crippen molar-refractivity contribution in [2.45, 2.75) is 32.8 Å². The second-order valence-electron chi connectivity index (χ2n) is 5.80. The summed E-state index contributed by atoms with van der Waals surface area (Å²) in [7, 11) is 1.55. The van der Waals surface area contributed by atoms with E-state index in [0.29, 0.717) is 0 Å². The van der Waals surface area contributed by atoms with Crippen LogP contribution in [0, 0.1) is 0 Å². The Bertz CT molecular complexity index is 560. The number of carboxylic acids is 1. The van der Waals surface area contributed by atoms with Crippen molar-refractivity contribution in [2.75, 3.05) is 13.6 Å². The van der Waals surface area contributed by atoms with Crippen LogP contribution in [0.15, 0.2) is 18.3 Å². The number of pyridine rings is 1. The number of hydrogen-bond donors (Lipinski definition) is 1. The van der Waals surface area contributed by atoms with Gasteiger partial charge in [0.15, 0.2) is 0 Å². The number of aromatic carboxylic acids is 1. The zero-order valence-electron chi connectivity index (χ0n) is 13.1. The average molecular weight is 308 g/mol. The van der Waals surface area contributed by atoms with Gasteiger partial charge in [-0.3, -0.25) is 9.59 Å². The van der Waals surface area contributed by atoms with Gasteiger partial charge >= 0.3 is 11.9 Å². The van der Waals surface area contributed by atoms with Crippen molar-refractivity contribution in [2.24, 2.45) is 0 Å². The van der Waals surface area contributed by atoms with E-state index in [1.54, 1.807) is 27.8 Å². The average Bonchev–Trinajstić information content (AvgIpc) is 2.42. The molecule has 1 N–H and O–H groups in total. The van der Waals surface area contributed by atoms with Crippen molar-refractivity contribution in [3.8, 4) is 0 Å². The van der Waals surface area contributed by atoms with Gasteiger partial charge in [0.2, 0.25) is 0 Å². The van der Waals surface area contributed by atoms with Gasteiger partial charge in [-0.2, -0.15) is 0 Å². The summed E-state index contributed by atoms with van der Waals surface area (Å²) < 4.78 is 5.16. The molecule has 7 heteroatoms. The van der Waals surface area contributed by atoms with Crippen LogP contribution in [0.3, 0.4) is 0 Å². The number of amides is 1. The predicted octanol–water partition coefficient (Wildman–Crippen LogP) is 1.58. The molecule has 0 unspecified atom stereocenters. The highest BCUT2D eigenvalue weighted by Gasteiger charge is 2.18. The Balaban J connectivity index is 2.58. The number of ether oxygens (including phenoxy) is 1. The molecule has 1 aromatic heterocycles. The molecule has 0 spiro atoms. The van der Waals surface area contributed by atoms with Crippen LogP contribution in [0.1, 0.15) is 48.0 Å². The Morgan fingerprint density at radius 3 is 2.36 bits per heavy atom. The molecule has 7 nitrogen and oxygen atoms in total. The number of rotatable bonds is 5. The van der Waals surface area contributed by atoms with Crippen LogP contribution < -0.4 is 0 Å². The molecule has 0 radical (unpaired) electrons. The maximum Gasteiger partial charge on any atom is 0.354 e. The van der Waals surface area contributed by atoms with Gasteiger partial charge in [-0.15, -0.1) is 0 Å². The van der Waals surface area contributed by atoms with E-state index in [2.05, 4.69) is 4.98 Å². The van der Waals surface area contributed by atoms with Gasteiger partial charge in [0.1, 0.15) is 11.3 Å². The molecule has 1 amide bonds. The van der Waals surface area contributed by atoms with Gasteiger partial charge in [-0.25, -0.2) is 9.78 Å². The molecule has 120 valence electrons. The molecule has 1 rings (SSSR count). The molecule has 0 bridgehead atoms. The number of carboxylic acid groups (broad SMARTS) is 1. The first-order valence-corrected chi connectivity index (χ1v) is 6.77. The Labute approximate surface area is 128 Å². The molecule has 1 heterocycles. The second kappa shape index (κ2) is 7.02. The summed E-state index contributed by atoms with van der Waals surface area (Å²) in [5, 5.41) is 8.75. The van der Waals surface area contributed by atoms with E-state index in [0.717, 1.165) is 0 Å². The molecule has 0 aliphatic rings. The maximum absolute atomic E-state index is 12.1. The van der Waals surface area contributed by atoms with Crippen LogP contribution in [0.25, 0.3) is 0 Å². The van der Waals surface area contributed by atoms with Crippen molar-refractivity contribution >= 4 is 17.8 Å². The molecule has 0 aliphatic heterocycles. The van der Waals surface area contributed by atoms with Crippen LogP contribution in [-0.4, -0.2) is 52.0 Å². The largest absolute Gasteiger partial charge is 0.477 e. The van der Waals surface area contributed by atoms with Gasteiger partial charge in [0.05, 0.1) is 12.0 Å². The lowest BCUT2D eigenvalue weighted by atomic mass is 10.2. The third-order valence-corrected chi connectivity index (χ3v) is 2.65. The molecule has 22 heavy (non-hydrogen) atoms. The number of nitrogens with zero attached hydrogens (tertiary/aromatic N) is 2. The van der Waals surface area contributed by atoms with E-state index in [1.165, 1.54) is 23.2 Å². The van der Waals surface area contributed by atoms with Gasteiger partial charge < -0.3 is 14.7 Å². The summed E-state index contributed by atoms with van der Waals surface area (Å²) in [5.41, 5.74) is -0.430. The highest BCUT2D eigenvalue weighted by atomic mass is 16.6. The first kappa shape index (κ1) is 17.6. The van der Waals surface area contributed by atoms with Crippen molar-refractivity contribution in [1.29, 1.82) is 0 Å². The Kier molecular flexibility index (Phi) is 5.62. The molecule has 0 fully saturated rings. The van der Waals surface area contributed by atoms with E-state index in [9.17, 15) is 14.4 Å². The van der Waals surface area contributed by atoms with Gasteiger partial charge in [-0.1, -0.05) is 0 Å². The summed E-state index contributed by atoms with van der Waals surface area (Å²) >= 11 is 0. The minimum absolute atomic E-state index is 0.0835. The van der Waals surface area contributed by atoms with E-state index in [4.69, 9.17) is 9.84 Å². The van der Waals surface area contributed by atoms with Crippen molar-refractivity contribution < 1.29 is 24.2 Å². The molecule has 0 saturated heterocycles. The standard InChI is InChI=1S/C15H20N2O5/c1-15(2,3)22-12(18)7-8-17(4)13(19)10-5-6-11(14(20)21)16-9-10/h5-6,9H,7-8H2,1-4H3,(H,20,21). The smallest absolute Gasteiger partial charge is 0.354 e. The second-order valence-corrected chi connectivity index (χ2v) is 5.80. The molecular formula is C15H20N2O5. The van der Waals surface area contributed by atoms with Crippen molar-refractivity contribution in [1.82, 2.24) is 9.88 Å². The zero-order valence-corrected chi connectivity index (χ0v) is 13.1. The summed E-state index contributed by atoms with van der Waals surface area (Å²) in [5.74, 6) is -1.88. The Hall–Kier alpha value is -2.44. The Morgan fingerprint density at radius 1 is 1.27 bits per heavy atom. The first-order chi connectivity index (χ1) is 10.1. The van der Waals surface area contributed by atoms with Crippen LogP contribution in [0.5, 0.6) is 0 Å². The topological polar surface area (TPSA) is 96.8 Å². The van der Waals surface area contributed by atoms with Gasteiger partial charge in [0.25, 0.3) is 5.91 Å². The highest BCUT2D eigenvalue weighted by molar-refractivity contribution is 5.94. The number of carbonyl (C=O) groups is 3. The zero-order chi connectivity index (χ0) is 16.9. The molecule has 0 atom stereocenters. The Morgan fingerprint density at radius 2 is 1.91 bits per heavy atom. The summed E-state index contributed by atoms with van der Waals surface area (Å²) in [6, 6.07) is 2.65. The summed E-state index contributed by atoms with van der Waals surface area (Å²) in [6.45, 7) is 5.52. The van der Waals surface area contributed by atoms with Crippen molar-refractivity contribution in [3.63, 3.8) is 0 Å². The highest BCUT2D eigenvalue weighted by Crippen LogP contribution is 2.09. The lowest BCUT2D eigenvalue weighted by molar-refractivity contribution is -0.154. The lowest BCUT2D eigenvalue weighted by Crippen LogP contribution is -2.31. The summed E-state index contributed by atoms with van der Waals surface area (Å²) in [6.07, 6.45) is 1.29.